The van der Waals surface area contributed by atoms with Gasteiger partial charge in [-0.25, -0.2) is 9.50 Å². The topological polar surface area (TPSA) is 118 Å². The Hall–Kier alpha value is -4.66. The molecule has 2 aromatic heterocycles. The highest BCUT2D eigenvalue weighted by molar-refractivity contribution is 6.04. The van der Waals surface area contributed by atoms with E-state index in [-0.39, 0.29) is 23.9 Å². The number of benzene rings is 2. The van der Waals surface area contributed by atoms with E-state index in [2.05, 4.69) is 34.2 Å². The van der Waals surface area contributed by atoms with Crippen molar-refractivity contribution in [2.24, 2.45) is 0 Å². The summed E-state index contributed by atoms with van der Waals surface area (Å²) in [4.78, 5) is 29.2. The Morgan fingerprint density at radius 2 is 1.86 bits per heavy atom. The highest BCUT2D eigenvalue weighted by atomic mass is 16.5. The SMILES string of the molecule is C=C(O)CNC(=O)c1ccc(NC(=O)c2cc3nccc(-c4ccc(CC)c(OC)c4)n3n2)cc1. The van der Waals surface area contributed by atoms with Crippen molar-refractivity contribution < 1.29 is 19.4 Å². The largest absolute Gasteiger partial charge is 0.511 e. The van der Waals surface area contributed by atoms with Crippen molar-refractivity contribution in [3.05, 3.63) is 90.0 Å². The summed E-state index contributed by atoms with van der Waals surface area (Å²) in [5.41, 5.74) is 4.38. The number of aliphatic hydroxyl groups is 1. The van der Waals surface area contributed by atoms with Crippen molar-refractivity contribution in [1.29, 1.82) is 0 Å². The normalized spacial score (nSPS) is 10.7. The fourth-order valence-corrected chi connectivity index (χ4v) is 3.61. The number of rotatable bonds is 8. The lowest BCUT2D eigenvalue weighted by atomic mass is 10.1. The maximum absolute atomic E-state index is 12.9. The smallest absolute Gasteiger partial charge is 0.276 e. The van der Waals surface area contributed by atoms with E-state index in [1.807, 2.05) is 24.3 Å². The minimum atomic E-state index is -0.408. The molecular formula is C26H25N5O4. The van der Waals surface area contributed by atoms with Crippen LogP contribution in [-0.4, -0.2) is 45.2 Å². The predicted octanol–water partition coefficient (Wildman–Crippen LogP) is 4.02. The van der Waals surface area contributed by atoms with Crippen LogP contribution in [0.1, 0.15) is 33.3 Å². The molecule has 0 fully saturated rings. The molecule has 0 aliphatic carbocycles. The molecule has 3 N–H and O–H groups in total. The summed E-state index contributed by atoms with van der Waals surface area (Å²) in [6.07, 6.45) is 2.52. The molecule has 9 nitrogen and oxygen atoms in total. The third kappa shape index (κ3) is 5.14. The molecule has 2 heterocycles. The first-order valence-corrected chi connectivity index (χ1v) is 11.0. The number of aromatic nitrogens is 3. The zero-order valence-corrected chi connectivity index (χ0v) is 19.4. The molecule has 2 aromatic carbocycles. The molecule has 0 saturated heterocycles. The molecule has 0 radical (unpaired) electrons. The minimum absolute atomic E-state index is 0.0310. The minimum Gasteiger partial charge on any atom is -0.511 e. The quantitative estimate of drug-likeness (QED) is 0.334. The first-order chi connectivity index (χ1) is 16.9. The van der Waals surface area contributed by atoms with Gasteiger partial charge in [0.2, 0.25) is 0 Å². The lowest BCUT2D eigenvalue weighted by molar-refractivity contribution is 0.0952. The van der Waals surface area contributed by atoms with Crippen LogP contribution < -0.4 is 15.4 Å². The zero-order chi connectivity index (χ0) is 24.9. The standard InChI is InChI=1S/C26H25N5O4/c1-4-17-5-6-19(13-23(17)35-3)22-11-12-27-24-14-21(30-31(22)24)26(34)29-20-9-7-18(8-10-20)25(33)28-15-16(2)32/h5-14,32H,2,4,15H2,1,3H3,(H,28,33)(H,29,34). The second-order valence-corrected chi connectivity index (χ2v) is 7.79. The van der Waals surface area contributed by atoms with Gasteiger partial charge in [0, 0.05) is 29.1 Å². The lowest BCUT2D eigenvalue weighted by Gasteiger charge is -2.10. The number of carbonyl (C=O) groups excluding carboxylic acids is 2. The van der Waals surface area contributed by atoms with Crippen LogP contribution >= 0.6 is 0 Å². The average molecular weight is 472 g/mol. The lowest BCUT2D eigenvalue weighted by Crippen LogP contribution is -2.25. The Bertz CT molecular complexity index is 1410. The summed E-state index contributed by atoms with van der Waals surface area (Å²) < 4.78 is 7.14. The van der Waals surface area contributed by atoms with Gasteiger partial charge in [0.05, 0.1) is 19.3 Å². The van der Waals surface area contributed by atoms with Crippen LogP contribution in [0.4, 0.5) is 5.69 Å². The van der Waals surface area contributed by atoms with Crippen molar-refractivity contribution in [2.45, 2.75) is 13.3 Å². The van der Waals surface area contributed by atoms with Gasteiger partial charge >= 0.3 is 0 Å². The monoisotopic (exact) mass is 471 g/mol. The summed E-state index contributed by atoms with van der Waals surface area (Å²) in [7, 11) is 1.64. The number of hydrogen-bond acceptors (Lipinski definition) is 6. The average Bonchev–Trinajstić information content (AvgIpc) is 3.32. The summed E-state index contributed by atoms with van der Waals surface area (Å²) in [6, 6.07) is 15.8. The van der Waals surface area contributed by atoms with E-state index >= 15 is 0 Å². The number of anilines is 1. The van der Waals surface area contributed by atoms with Crippen molar-refractivity contribution in [3.63, 3.8) is 0 Å². The van der Waals surface area contributed by atoms with Crippen molar-refractivity contribution in [3.8, 4) is 17.0 Å². The highest BCUT2D eigenvalue weighted by Crippen LogP contribution is 2.28. The van der Waals surface area contributed by atoms with Crippen LogP contribution in [0.3, 0.4) is 0 Å². The van der Waals surface area contributed by atoms with E-state index in [1.165, 1.54) is 0 Å². The second-order valence-electron chi connectivity index (χ2n) is 7.79. The van der Waals surface area contributed by atoms with Crippen LogP contribution in [0, 0.1) is 0 Å². The van der Waals surface area contributed by atoms with Crippen LogP contribution in [0.5, 0.6) is 5.75 Å². The molecule has 0 atom stereocenters. The van der Waals surface area contributed by atoms with Gasteiger partial charge in [0.1, 0.15) is 11.5 Å². The van der Waals surface area contributed by atoms with Crippen LogP contribution in [0.15, 0.2) is 73.1 Å². The number of amides is 2. The number of methoxy groups -OCH3 is 1. The van der Waals surface area contributed by atoms with Gasteiger partial charge in [-0.2, -0.15) is 5.10 Å². The van der Waals surface area contributed by atoms with E-state index in [9.17, 15) is 9.59 Å². The summed E-state index contributed by atoms with van der Waals surface area (Å²) >= 11 is 0. The molecule has 178 valence electrons. The molecular weight excluding hydrogens is 446 g/mol. The number of fused-ring (bicyclic) bond motifs is 1. The fourth-order valence-electron chi connectivity index (χ4n) is 3.61. The summed E-state index contributed by atoms with van der Waals surface area (Å²) in [5.74, 6) is -0.113. The molecule has 0 saturated carbocycles. The Balaban J connectivity index is 1.55. The molecule has 0 unspecified atom stereocenters. The molecule has 0 bridgehead atoms. The summed E-state index contributed by atoms with van der Waals surface area (Å²) in [6.45, 7) is 5.36. The number of aryl methyl sites for hydroxylation is 1. The maximum atomic E-state index is 12.9. The number of nitrogens with one attached hydrogen (secondary N) is 2. The number of carbonyl (C=O) groups is 2. The van der Waals surface area contributed by atoms with E-state index in [0.717, 1.165) is 29.0 Å². The molecule has 4 aromatic rings. The highest BCUT2D eigenvalue weighted by Gasteiger charge is 2.16. The first-order valence-electron chi connectivity index (χ1n) is 11.0. The van der Waals surface area contributed by atoms with Crippen molar-refractivity contribution in [2.75, 3.05) is 19.0 Å². The van der Waals surface area contributed by atoms with E-state index in [0.29, 0.717) is 16.9 Å². The molecule has 4 rings (SSSR count). The van der Waals surface area contributed by atoms with Gasteiger partial charge < -0.3 is 20.5 Å². The van der Waals surface area contributed by atoms with Crippen LogP contribution in [-0.2, 0) is 6.42 Å². The first kappa shape index (κ1) is 23.5. The van der Waals surface area contributed by atoms with Gasteiger partial charge in [-0.05, 0) is 48.4 Å². The van der Waals surface area contributed by atoms with Gasteiger partial charge in [-0.3, -0.25) is 9.59 Å². The fraction of sp³-hybridized carbons (Fsp3) is 0.154. The zero-order valence-electron chi connectivity index (χ0n) is 19.4. The van der Waals surface area contributed by atoms with Crippen molar-refractivity contribution in [1.82, 2.24) is 19.9 Å². The maximum Gasteiger partial charge on any atom is 0.276 e. The summed E-state index contributed by atoms with van der Waals surface area (Å²) in [5, 5.41) is 18.9. The number of hydrogen-bond donors (Lipinski definition) is 3. The Kier molecular flexibility index (Phi) is 6.77. The Morgan fingerprint density at radius 3 is 2.54 bits per heavy atom. The molecule has 0 aliphatic heterocycles. The van der Waals surface area contributed by atoms with E-state index in [1.54, 1.807) is 48.2 Å². The van der Waals surface area contributed by atoms with Gasteiger partial charge in [-0.15, -0.1) is 0 Å². The second kappa shape index (κ2) is 10.1. The molecule has 0 aliphatic rings. The third-order valence-electron chi connectivity index (χ3n) is 5.41. The number of ether oxygens (including phenoxy) is 1. The molecule has 2 amide bonds. The molecule has 35 heavy (non-hydrogen) atoms. The van der Waals surface area contributed by atoms with Crippen LogP contribution in [0.2, 0.25) is 0 Å². The van der Waals surface area contributed by atoms with E-state index < -0.39 is 5.91 Å². The van der Waals surface area contributed by atoms with Crippen molar-refractivity contribution >= 4 is 23.1 Å². The van der Waals surface area contributed by atoms with Gasteiger partial charge in [0.25, 0.3) is 11.8 Å². The Morgan fingerprint density at radius 1 is 1.09 bits per heavy atom. The molecule has 0 spiro atoms. The van der Waals surface area contributed by atoms with Gasteiger partial charge in [-0.1, -0.05) is 25.6 Å². The number of aliphatic hydroxyl groups excluding tert-OH is 1. The Labute approximate surface area is 202 Å². The third-order valence-corrected chi connectivity index (χ3v) is 5.41. The van der Waals surface area contributed by atoms with Gasteiger partial charge in [0.15, 0.2) is 11.3 Å². The number of nitrogens with zero attached hydrogens (tertiary/aromatic N) is 3. The van der Waals surface area contributed by atoms with Crippen LogP contribution in [0.25, 0.3) is 16.9 Å². The predicted molar refractivity (Wildman–Crippen MR) is 133 cm³/mol. The molecule has 9 heteroatoms. The van der Waals surface area contributed by atoms with E-state index in [4.69, 9.17) is 9.84 Å².